The zero-order valence-electron chi connectivity index (χ0n) is 15.5. The third-order valence-corrected chi connectivity index (χ3v) is 5.21. The van der Waals surface area contributed by atoms with Gasteiger partial charge in [0, 0.05) is 22.6 Å². The fraction of sp³-hybridized carbons (Fsp3) is 0.333. The molecule has 10 heteroatoms. The molecule has 0 aliphatic rings. The van der Waals surface area contributed by atoms with E-state index in [1.165, 1.54) is 0 Å². The predicted octanol–water partition coefficient (Wildman–Crippen LogP) is 3.93. The molecule has 0 radical (unpaired) electrons. The first-order valence-corrected chi connectivity index (χ1v) is 9.40. The second-order valence-corrected chi connectivity index (χ2v) is 7.30. The number of ketones is 1. The quantitative estimate of drug-likeness (QED) is 0.456. The van der Waals surface area contributed by atoms with Gasteiger partial charge in [0.25, 0.3) is 0 Å². The Morgan fingerprint density at radius 3 is 2.57 bits per heavy atom. The summed E-state index contributed by atoms with van der Waals surface area (Å²) in [5.74, 6) is -0.254. The summed E-state index contributed by atoms with van der Waals surface area (Å²) in [5, 5.41) is 10.1. The molecule has 2 aromatic heterocycles. The van der Waals surface area contributed by atoms with Crippen LogP contribution in [0.3, 0.4) is 0 Å². The van der Waals surface area contributed by atoms with E-state index in [4.69, 9.17) is 0 Å². The number of benzene rings is 1. The van der Waals surface area contributed by atoms with Gasteiger partial charge in [-0.1, -0.05) is 30.0 Å². The highest BCUT2D eigenvalue weighted by molar-refractivity contribution is 7.99. The van der Waals surface area contributed by atoms with Gasteiger partial charge in [-0.3, -0.25) is 4.79 Å². The fourth-order valence-electron chi connectivity index (χ4n) is 3.01. The number of aromatic nitrogens is 5. The van der Waals surface area contributed by atoms with E-state index in [2.05, 4.69) is 15.5 Å². The molecule has 1 aromatic carbocycles. The Bertz CT molecular complexity index is 1010. The van der Waals surface area contributed by atoms with E-state index >= 15 is 0 Å². The number of hydrogen-bond donors (Lipinski definition) is 0. The molecule has 0 amide bonds. The van der Waals surface area contributed by atoms with Crippen LogP contribution in [0.4, 0.5) is 13.2 Å². The molecule has 2 heterocycles. The van der Waals surface area contributed by atoms with E-state index in [1.54, 1.807) is 6.07 Å². The van der Waals surface area contributed by atoms with Crippen molar-refractivity contribution in [3.63, 3.8) is 0 Å². The molecule has 0 saturated carbocycles. The van der Waals surface area contributed by atoms with Gasteiger partial charge in [0.15, 0.2) is 5.78 Å². The average molecular weight is 409 g/mol. The van der Waals surface area contributed by atoms with Crippen LogP contribution in [-0.2, 0) is 6.54 Å². The summed E-state index contributed by atoms with van der Waals surface area (Å²) in [6.45, 7) is 4.46. The first-order valence-electron chi connectivity index (χ1n) is 8.41. The van der Waals surface area contributed by atoms with Crippen molar-refractivity contribution in [2.24, 2.45) is 0 Å². The van der Waals surface area contributed by atoms with Crippen LogP contribution in [0.1, 0.15) is 27.3 Å². The molecule has 0 spiro atoms. The van der Waals surface area contributed by atoms with Crippen molar-refractivity contribution in [3.05, 3.63) is 52.8 Å². The van der Waals surface area contributed by atoms with Crippen molar-refractivity contribution in [2.45, 2.75) is 38.6 Å². The number of carbonyl (C=O) groups is 1. The van der Waals surface area contributed by atoms with Crippen molar-refractivity contribution >= 4 is 17.5 Å². The first kappa shape index (κ1) is 20.1. The van der Waals surface area contributed by atoms with Gasteiger partial charge in [-0.15, -0.1) is 5.10 Å². The van der Waals surface area contributed by atoms with Crippen molar-refractivity contribution in [1.82, 2.24) is 24.8 Å². The second-order valence-electron chi connectivity index (χ2n) is 6.35. The number of aryl methyl sites for hydroxylation is 2. The molecule has 3 aromatic rings. The maximum Gasteiger partial charge on any atom is 0.408 e. The van der Waals surface area contributed by atoms with E-state index in [9.17, 15) is 18.0 Å². The summed E-state index contributed by atoms with van der Waals surface area (Å²) in [7, 11) is 0. The van der Waals surface area contributed by atoms with Crippen molar-refractivity contribution in [3.8, 4) is 5.69 Å². The molecule has 28 heavy (non-hydrogen) atoms. The largest absolute Gasteiger partial charge is 0.408 e. The van der Waals surface area contributed by atoms with E-state index in [-0.39, 0.29) is 16.7 Å². The van der Waals surface area contributed by atoms with E-state index in [0.29, 0.717) is 10.2 Å². The van der Waals surface area contributed by atoms with Gasteiger partial charge >= 0.3 is 6.18 Å². The van der Waals surface area contributed by atoms with Gasteiger partial charge in [0.2, 0.25) is 5.16 Å². The maximum atomic E-state index is 12.7. The van der Waals surface area contributed by atoms with Crippen LogP contribution in [0.15, 0.2) is 35.5 Å². The number of carbonyl (C=O) groups excluding carboxylic acids is 1. The smallest absolute Gasteiger partial charge is 0.318 e. The first-order chi connectivity index (χ1) is 13.2. The Kier molecular flexibility index (Phi) is 5.59. The number of halogens is 3. The SMILES string of the molecule is Cc1ccccc1-n1c(C)cc(C(=O)CSc2nnnn2CC(F)(F)F)c1C. The Labute approximate surface area is 163 Å². The Morgan fingerprint density at radius 2 is 1.89 bits per heavy atom. The molecule has 6 nitrogen and oxygen atoms in total. The van der Waals surface area contributed by atoms with Crippen LogP contribution in [-0.4, -0.2) is 42.5 Å². The third-order valence-electron chi connectivity index (χ3n) is 4.25. The van der Waals surface area contributed by atoms with E-state index < -0.39 is 12.7 Å². The minimum Gasteiger partial charge on any atom is -0.318 e. The van der Waals surface area contributed by atoms with Gasteiger partial charge in [0.1, 0.15) is 6.54 Å². The molecule has 0 aliphatic heterocycles. The van der Waals surface area contributed by atoms with Crippen molar-refractivity contribution in [1.29, 1.82) is 0 Å². The minimum atomic E-state index is -4.44. The third kappa shape index (κ3) is 4.27. The number of rotatable bonds is 6. The number of hydrogen-bond acceptors (Lipinski definition) is 5. The summed E-state index contributed by atoms with van der Waals surface area (Å²) >= 11 is 0.888. The number of nitrogens with zero attached hydrogens (tertiary/aromatic N) is 5. The van der Waals surface area contributed by atoms with Crippen LogP contribution in [0, 0.1) is 20.8 Å². The topological polar surface area (TPSA) is 65.6 Å². The van der Waals surface area contributed by atoms with Gasteiger partial charge in [-0.2, -0.15) is 13.2 Å². The number of alkyl halides is 3. The Morgan fingerprint density at radius 1 is 1.18 bits per heavy atom. The normalized spacial score (nSPS) is 11.8. The molecule has 3 rings (SSSR count). The lowest BCUT2D eigenvalue weighted by Gasteiger charge is -2.12. The lowest BCUT2D eigenvalue weighted by molar-refractivity contribution is -0.144. The zero-order chi connectivity index (χ0) is 20.5. The number of Topliss-reactive ketones (excluding diaryl/α,β-unsaturated/α-hetero) is 1. The zero-order valence-corrected chi connectivity index (χ0v) is 16.3. The molecule has 0 aliphatic carbocycles. The highest BCUT2D eigenvalue weighted by Crippen LogP contribution is 2.26. The standard InChI is InChI=1S/C18H18F3N5OS/c1-11-6-4-5-7-15(11)26-12(2)8-14(13(26)3)16(27)9-28-17-22-23-24-25(17)10-18(19,20)21/h4-8H,9-10H2,1-3H3. The van der Waals surface area contributed by atoms with Gasteiger partial charge in [0.05, 0.1) is 5.75 Å². The maximum absolute atomic E-state index is 12.7. The second kappa shape index (κ2) is 7.78. The summed E-state index contributed by atoms with van der Waals surface area (Å²) < 4.78 is 40.3. The predicted molar refractivity (Wildman–Crippen MR) is 98.9 cm³/mol. The Hall–Kier alpha value is -2.62. The van der Waals surface area contributed by atoms with Crippen molar-refractivity contribution in [2.75, 3.05) is 5.75 Å². The summed E-state index contributed by atoms with van der Waals surface area (Å²) in [6.07, 6.45) is -4.44. The highest BCUT2D eigenvalue weighted by atomic mass is 32.2. The van der Waals surface area contributed by atoms with E-state index in [1.807, 2.05) is 49.6 Å². The van der Waals surface area contributed by atoms with Crippen LogP contribution in [0.2, 0.25) is 0 Å². The van der Waals surface area contributed by atoms with Crippen LogP contribution < -0.4 is 0 Å². The Balaban J connectivity index is 1.79. The van der Waals surface area contributed by atoms with Crippen LogP contribution >= 0.6 is 11.8 Å². The summed E-state index contributed by atoms with van der Waals surface area (Å²) in [5.41, 5.74) is 4.28. The summed E-state index contributed by atoms with van der Waals surface area (Å²) in [4.78, 5) is 12.7. The fourth-order valence-corrected chi connectivity index (χ4v) is 3.77. The molecule has 0 saturated heterocycles. The molecular formula is C18H18F3N5OS. The van der Waals surface area contributed by atoms with Gasteiger partial charge < -0.3 is 4.57 Å². The van der Waals surface area contributed by atoms with Gasteiger partial charge in [-0.05, 0) is 48.9 Å². The van der Waals surface area contributed by atoms with E-state index in [0.717, 1.165) is 34.4 Å². The lowest BCUT2D eigenvalue weighted by Crippen LogP contribution is -2.19. The molecule has 0 fully saturated rings. The molecule has 0 unspecified atom stereocenters. The molecule has 0 atom stereocenters. The summed E-state index contributed by atoms with van der Waals surface area (Å²) in [6, 6.07) is 9.64. The molecular weight excluding hydrogens is 391 g/mol. The minimum absolute atomic E-state index is 0.0432. The van der Waals surface area contributed by atoms with Crippen LogP contribution in [0.25, 0.3) is 5.69 Å². The van der Waals surface area contributed by atoms with Crippen molar-refractivity contribution < 1.29 is 18.0 Å². The average Bonchev–Trinajstić information content (AvgIpc) is 3.16. The van der Waals surface area contributed by atoms with Gasteiger partial charge in [-0.25, -0.2) is 4.68 Å². The lowest BCUT2D eigenvalue weighted by atomic mass is 10.1. The van der Waals surface area contributed by atoms with Crippen LogP contribution in [0.5, 0.6) is 0 Å². The number of thioether (sulfide) groups is 1. The molecule has 148 valence electrons. The monoisotopic (exact) mass is 409 g/mol. The number of para-hydroxylation sites is 1. The molecule has 0 bridgehead atoms. The molecule has 0 N–H and O–H groups in total. The number of tetrazole rings is 1. The highest BCUT2D eigenvalue weighted by Gasteiger charge is 2.30.